The third kappa shape index (κ3) is 5.13. The normalized spacial score (nSPS) is 11.5. The van der Waals surface area contributed by atoms with Gasteiger partial charge in [-0.2, -0.15) is 0 Å². The maximum absolute atomic E-state index is 5.31. The molecule has 6 heteroatoms. The van der Waals surface area contributed by atoms with Gasteiger partial charge in [0.05, 0.1) is 11.2 Å². The minimum absolute atomic E-state index is 0.558. The summed E-state index contributed by atoms with van der Waals surface area (Å²) in [6.07, 6.45) is 7.02. The molecule has 242 valence electrons. The lowest BCUT2D eigenvalue weighted by molar-refractivity contribution is 1.07. The van der Waals surface area contributed by atoms with Crippen LogP contribution in [0.3, 0.4) is 0 Å². The van der Waals surface area contributed by atoms with Gasteiger partial charge in [0, 0.05) is 63.2 Å². The molecule has 0 amide bonds. The fourth-order valence-corrected chi connectivity index (χ4v) is 7.16. The largest absolute Gasteiger partial charge is 0.264 e. The average Bonchev–Trinajstić information content (AvgIpc) is 3.23. The molecule has 0 saturated heterocycles. The van der Waals surface area contributed by atoms with E-state index in [-0.39, 0.29) is 0 Å². The zero-order valence-electron chi connectivity index (χ0n) is 27.8. The first-order valence-corrected chi connectivity index (χ1v) is 17.2. The molecule has 0 unspecified atom stereocenters. The average molecular weight is 665 g/mol. The quantitative estimate of drug-likeness (QED) is 0.170. The summed E-state index contributed by atoms with van der Waals surface area (Å²) in [5.74, 6) is 1.70. The van der Waals surface area contributed by atoms with E-state index in [2.05, 4.69) is 131 Å². The molecule has 0 aliphatic heterocycles. The Bertz CT molecular complexity index is 2890. The third-order valence-corrected chi connectivity index (χ3v) is 9.66. The summed E-state index contributed by atoms with van der Waals surface area (Å²) in [5.41, 5.74) is 7.79. The number of benzene rings is 6. The fourth-order valence-electron chi connectivity index (χ4n) is 7.16. The molecule has 0 spiro atoms. The van der Waals surface area contributed by atoms with Gasteiger partial charge in [0.2, 0.25) is 0 Å². The van der Waals surface area contributed by atoms with E-state index in [1.807, 2.05) is 24.3 Å². The number of rotatable bonds is 5. The molecule has 0 bridgehead atoms. The number of pyridine rings is 3. The topological polar surface area (TPSA) is 77.3 Å². The molecule has 10 rings (SSSR count). The maximum atomic E-state index is 5.31. The van der Waals surface area contributed by atoms with E-state index in [0.717, 1.165) is 55.4 Å². The molecule has 0 aliphatic rings. The highest BCUT2D eigenvalue weighted by Gasteiger charge is 2.18. The Morgan fingerprint density at radius 3 is 1.62 bits per heavy atom. The highest BCUT2D eigenvalue weighted by atomic mass is 15.0. The zero-order chi connectivity index (χ0) is 34.4. The molecule has 0 radical (unpaired) electrons. The van der Waals surface area contributed by atoms with Crippen molar-refractivity contribution in [3.63, 3.8) is 0 Å². The molecule has 4 heterocycles. The SMILES string of the molecule is c1cncc(-c2nc(-c3ccc(-c4cc5c(-c6ccc7ccccc7c6)nc6ccccc6c5c5ccccc45)cc3)nc(-c3cccnc3)n2)c1. The van der Waals surface area contributed by atoms with Gasteiger partial charge in [0.1, 0.15) is 0 Å². The molecule has 52 heavy (non-hydrogen) atoms. The molecule has 6 aromatic carbocycles. The summed E-state index contributed by atoms with van der Waals surface area (Å²) in [5, 5.41) is 8.24. The number of hydrogen-bond acceptors (Lipinski definition) is 6. The second kappa shape index (κ2) is 12.3. The Morgan fingerprint density at radius 1 is 0.346 bits per heavy atom. The van der Waals surface area contributed by atoms with Crippen molar-refractivity contribution in [2.75, 3.05) is 0 Å². The first-order chi connectivity index (χ1) is 25.8. The smallest absolute Gasteiger partial charge is 0.165 e. The van der Waals surface area contributed by atoms with Gasteiger partial charge in [-0.3, -0.25) is 9.97 Å². The highest BCUT2D eigenvalue weighted by Crippen LogP contribution is 2.42. The standard InChI is InChI=1S/C46H28N6/c1-2-10-32-25-33(22-17-29(32)9-1)43-40-26-39(36-13-3-4-14-37(36)42(40)38-15-5-6-16-41(38)49-43)30-18-20-31(21-19-30)44-50-45(34-11-7-23-47-27-34)52-46(51-44)35-12-8-24-48-28-35/h1-28H. The van der Waals surface area contributed by atoms with Crippen LogP contribution >= 0.6 is 0 Å². The van der Waals surface area contributed by atoms with Crippen molar-refractivity contribution in [1.82, 2.24) is 29.9 Å². The molecule has 0 fully saturated rings. The molecule has 0 saturated carbocycles. The summed E-state index contributed by atoms with van der Waals surface area (Å²) < 4.78 is 0. The van der Waals surface area contributed by atoms with Crippen LogP contribution in [0.5, 0.6) is 0 Å². The second-order valence-electron chi connectivity index (χ2n) is 12.8. The number of nitrogens with zero attached hydrogens (tertiary/aromatic N) is 6. The van der Waals surface area contributed by atoms with Gasteiger partial charge >= 0.3 is 0 Å². The van der Waals surface area contributed by atoms with Crippen LogP contribution in [0.25, 0.3) is 99.8 Å². The van der Waals surface area contributed by atoms with Crippen LogP contribution in [0.1, 0.15) is 0 Å². The summed E-state index contributed by atoms with van der Waals surface area (Å²) in [7, 11) is 0. The van der Waals surface area contributed by atoms with Gasteiger partial charge in [-0.1, -0.05) is 103 Å². The van der Waals surface area contributed by atoms with E-state index >= 15 is 0 Å². The molecule has 0 N–H and O–H groups in total. The predicted molar refractivity (Wildman–Crippen MR) is 210 cm³/mol. The number of fused-ring (bicyclic) bond motifs is 6. The van der Waals surface area contributed by atoms with Crippen LogP contribution in [0.15, 0.2) is 170 Å². The lowest BCUT2D eigenvalue weighted by atomic mass is 9.89. The zero-order valence-corrected chi connectivity index (χ0v) is 27.8. The van der Waals surface area contributed by atoms with E-state index in [1.165, 1.54) is 26.9 Å². The summed E-state index contributed by atoms with van der Waals surface area (Å²) in [6.45, 7) is 0. The molecule has 10 aromatic rings. The molecule has 0 atom stereocenters. The fraction of sp³-hybridized carbons (Fsp3) is 0. The lowest BCUT2D eigenvalue weighted by Crippen LogP contribution is -2.00. The Morgan fingerprint density at radius 2 is 0.923 bits per heavy atom. The summed E-state index contributed by atoms with van der Waals surface area (Å²) in [6, 6.07) is 50.8. The Kier molecular flexibility index (Phi) is 7.03. The van der Waals surface area contributed by atoms with Crippen molar-refractivity contribution < 1.29 is 0 Å². The first kappa shape index (κ1) is 29.7. The molecule has 6 nitrogen and oxygen atoms in total. The summed E-state index contributed by atoms with van der Waals surface area (Å²) in [4.78, 5) is 28.5. The van der Waals surface area contributed by atoms with E-state index in [9.17, 15) is 0 Å². The van der Waals surface area contributed by atoms with Crippen molar-refractivity contribution in [1.29, 1.82) is 0 Å². The van der Waals surface area contributed by atoms with E-state index < -0.39 is 0 Å². The molecule has 0 aliphatic carbocycles. The van der Waals surface area contributed by atoms with Crippen molar-refractivity contribution in [3.05, 3.63) is 170 Å². The van der Waals surface area contributed by atoms with Crippen molar-refractivity contribution in [3.8, 4) is 56.5 Å². The molecular weight excluding hydrogens is 637 g/mol. The minimum Gasteiger partial charge on any atom is -0.264 e. The summed E-state index contributed by atoms with van der Waals surface area (Å²) >= 11 is 0. The van der Waals surface area contributed by atoms with Crippen LogP contribution in [-0.2, 0) is 0 Å². The van der Waals surface area contributed by atoms with Gasteiger partial charge in [-0.05, 0) is 75.1 Å². The third-order valence-electron chi connectivity index (χ3n) is 9.66. The van der Waals surface area contributed by atoms with Crippen molar-refractivity contribution in [2.45, 2.75) is 0 Å². The molecular formula is C46H28N6. The Balaban J connectivity index is 1.16. The van der Waals surface area contributed by atoms with Gasteiger partial charge in [-0.15, -0.1) is 0 Å². The van der Waals surface area contributed by atoms with Crippen molar-refractivity contribution in [2.24, 2.45) is 0 Å². The highest BCUT2D eigenvalue weighted by molar-refractivity contribution is 6.25. The van der Waals surface area contributed by atoms with E-state index in [4.69, 9.17) is 19.9 Å². The predicted octanol–water partition coefficient (Wildman–Crippen LogP) is 11.0. The number of aromatic nitrogens is 6. The Labute approximate surface area is 299 Å². The van der Waals surface area contributed by atoms with Gasteiger partial charge < -0.3 is 0 Å². The maximum Gasteiger partial charge on any atom is 0.165 e. The van der Waals surface area contributed by atoms with Crippen LogP contribution in [0, 0.1) is 0 Å². The van der Waals surface area contributed by atoms with Crippen LogP contribution in [-0.4, -0.2) is 29.9 Å². The number of hydrogen-bond donors (Lipinski definition) is 0. The second-order valence-corrected chi connectivity index (χ2v) is 12.8. The van der Waals surface area contributed by atoms with Gasteiger partial charge in [0.25, 0.3) is 0 Å². The monoisotopic (exact) mass is 664 g/mol. The van der Waals surface area contributed by atoms with Crippen LogP contribution < -0.4 is 0 Å². The minimum atomic E-state index is 0.558. The molecule has 4 aromatic heterocycles. The number of para-hydroxylation sites is 1. The Hall–Kier alpha value is -7.18. The van der Waals surface area contributed by atoms with E-state index in [1.54, 1.807) is 24.8 Å². The lowest BCUT2D eigenvalue weighted by Gasteiger charge is -2.16. The van der Waals surface area contributed by atoms with Gasteiger partial charge in [0.15, 0.2) is 17.5 Å². The van der Waals surface area contributed by atoms with Crippen LogP contribution in [0.4, 0.5) is 0 Å². The first-order valence-electron chi connectivity index (χ1n) is 17.2. The van der Waals surface area contributed by atoms with Crippen LogP contribution in [0.2, 0.25) is 0 Å². The van der Waals surface area contributed by atoms with E-state index in [0.29, 0.717) is 17.5 Å². The van der Waals surface area contributed by atoms with Gasteiger partial charge in [-0.25, -0.2) is 19.9 Å². The van der Waals surface area contributed by atoms with Crippen molar-refractivity contribution >= 4 is 43.2 Å².